The average Bonchev–Trinajstić information content (AvgIpc) is 3.09. The molecular formula is C14H22N6O2. The molecule has 120 valence electrons. The molecule has 8 nitrogen and oxygen atoms in total. The lowest BCUT2D eigenvalue weighted by atomic mass is 9.97. The van der Waals surface area contributed by atoms with Crippen LogP contribution in [0, 0.1) is 5.92 Å². The highest BCUT2D eigenvalue weighted by molar-refractivity contribution is 5.80. The van der Waals surface area contributed by atoms with Crippen molar-refractivity contribution in [2.45, 2.75) is 45.2 Å². The zero-order chi connectivity index (χ0) is 15.7. The third-order valence-electron chi connectivity index (χ3n) is 4.49. The summed E-state index contributed by atoms with van der Waals surface area (Å²) in [6.45, 7) is 3.86. The molecule has 3 amide bonds. The fourth-order valence-electron chi connectivity index (χ4n) is 3.28. The van der Waals surface area contributed by atoms with Gasteiger partial charge in [0.2, 0.25) is 5.91 Å². The highest BCUT2D eigenvalue weighted by Crippen LogP contribution is 2.21. The number of carbonyl (C=O) groups is 2. The molecule has 3 heterocycles. The smallest absolute Gasteiger partial charge is 0.314 e. The number of nitrogens with one attached hydrogen (secondary N) is 1. The standard InChI is InChI=1S/C14H22N6O2/c1-9(12-18-17-11-5-3-7-20(11)12)16-13(21)10-4-2-6-19(8-10)14(15)22/h9-10H,2-8H2,1H3,(H2,15,22)(H,16,21)/t9-,10-/m0/s1. The molecule has 3 N–H and O–H groups in total. The second-order valence-electron chi connectivity index (χ2n) is 6.08. The first kappa shape index (κ1) is 14.8. The molecule has 1 fully saturated rings. The van der Waals surface area contributed by atoms with Gasteiger partial charge in [-0.2, -0.15) is 0 Å². The minimum atomic E-state index is -0.458. The van der Waals surface area contributed by atoms with E-state index < -0.39 is 6.03 Å². The quantitative estimate of drug-likeness (QED) is 0.831. The number of nitrogens with zero attached hydrogens (tertiary/aromatic N) is 4. The van der Waals surface area contributed by atoms with Crippen LogP contribution in [0.1, 0.15) is 43.9 Å². The van der Waals surface area contributed by atoms with Crippen molar-refractivity contribution in [1.82, 2.24) is 25.0 Å². The second kappa shape index (κ2) is 5.94. The number of hydrogen-bond donors (Lipinski definition) is 2. The predicted molar refractivity (Wildman–Crippen MR) is 78.8 cm³/mol. The van der Waals surface area contributed by atoms with Crippen molar-refractivity contribution in [1.29, 1.82) is 0 Å². The molecule has 1 saturated heterocycles. The Hall–Kier alpha value is -2.12. The molecule has 2 aliphatic rings. The molecular weight excluding hydrogens is 284 g/mol. The van der Waals surface area contributed by atoms with Gasteiger partial charge in [-0.05, 0) is 26.2 Å². The zero-order valence-electron chi connectivity index (χ0n) is 12.8. The van der Waals surface area contributed by atoms with E-state index in [0.717, 1.165) is 43.9 Å². The number of rotatable bonds is 3. The number of aryl methyl sites for hydroxylation is 1. The summed E-state index contributed by atoms with van der Waals surface area (Å²) in [6.07, 6.45) is 3.61. The van der Waals surface area contributed by atoms with Crippen molar-refractivity contribution in [3.63, 3.8) is 0 Å². The van der Waals surface area contributed by atoms with Gasteiger partial charge in [-0.3, -0.25) is 4.79 Å². The third kappa shape index (κ3) is 2.77. The van der Waals surface area contributed by atoms with E-state index in [2.05, 4.69) is 20.1 Å². The van der Waals surface area contributed by atoms with E-state index in [1.807, 2.05) is 6.92 Å². The maximum atomic E-state index is 12.4. The largest absolute Gasteiger partial charge is 0.351 e. The van der Waals surface area contributed by atoms with Crippen LogP contribution in [0.4, 0.5) is 4.79 Å². The monoisotopic (exact) mass is 306 g/mol. The molecule has 0 unspecified atom stereocenters. The van der Waals surface area contributed by atoms with E-state index in [1.54, 1.807) is 0 Å². The van der Waals surface area contributed by atoms with Gasteiger partial charge in [0.05, 0.1) is 12.0 Å². The Labute approximate surface area is 129 Å². The molecule has 2 aliphatic heterocycles. The first-order chi connectivity index (χ1) is 10.6. The predicted octanol–water partition coefficient (Wildman–Crippen LogP) is 0.192. The molecule has 2 atom stereocenters. The van der Waals surface area contributed by atoms with E-state index in [-0.39, 0.29) is 17.9 Å². The van der Waals surface area contributed by atoms with E-state index in [0.29, 0.717) is 13.1 Å². The van der Waals surface area contributed by atoms with Crippen LogP contribution in [0.5, 0.6) is 0 Å². The highest BCUT2D eigenvalue weighted by Gasteiger charge is 2.29. The zero-order valence-corrected chi connectivity index (χ0v) is 12.8. The van der Waals surface area contributed by atoms with E-state index in [1.165, 1.54) is 4.90 Å². The SMILES string of the molecule is C[C@H](NC(=O)[C@H]1CCCN(C(N)=O)C1)c1nnc2n1CCC2. The summed E-state index contributed by atoms with van der Waals surface area (Å²) in [5.41, 5.74) is 5.30. The number of nitrogens with two attached hydrogens (primary N) is 1. The normalized spacial score (nSPS) is 22.2. The van der Waals surface area contributed by atoms with Crippen molar-refractivity contribution in [2.75, 3.05) is 13.1 Å². The Morgan fingerprint density at radius 2 is 2.14 bits per heavy atom. The summed E-state index contributed by atoms with van der Waals surface area (Å²) < 4.78 is 2.08. The highest BCUT2D eigenvalue weighted by atomic mass is 16.2. The van der Waals surface area contributed by atoms with E-state index in [9.17, 15) is 9.59 Å². The molecule has 8 heteroatoms. The van der Waals surface area contributed by atoms with Crippen molar-refractivity contribution < 1.29 is 9.59 Å². The molecule has 0 aliphatic carbocycles. The van der Waals surface area contributed by atoms with Gasteiger partial charge in [0.25, 0.3) is 0 Å². The van der Waals surface area contributed by atoms with Crippen LogP contribution in [-0.4, -0.2) is 44.7 Å². The number of likely N-dealkylation sites (tertiary alicyclic amines) is 1. The Balaban J connectivity index is 1.62. The van der Waals surface area contributed by atoms with Gasteiger partial charge < -0.3 is 20.5 Å². The lowest BCUT2D eigenvalue weighted by molar-refractivity contribution is -0.127. The van der Waals surface area contributed by atoms with Crippen molar-refractivity contribution >= 4 is 11.9 Å². The van der Waals surface area contributed by atoms with Crippen LogP contribution >= 0.6 is 0 Å². The first-order valence-corrected chi connectivity index (χ1v) is 7.83. The summed E-state index contributed by atoms with van der Waals surface area (Å²) in [4.78, 5) is 25.2. The second-order valence-corrected chi connectivity index (χ2v) is 6.08. The number of primary amides is 1. The van der Waals surface area contributed by atoms with E-state index in [4.69, 9.17) is 5.73 Å². The number of urea groups is 1. The number of hydrogen-bond acceptors (Lipinski definition) is 4. The fourth-order valence-corrected chi connectivity index (χ4v) is 3.28. The molecule has 0 aromatic carbocycles. The molecule has 3 rings (SSSR count). The molecule has 1 aromatic rings. The minimum absolute atomic E-state index is 0.0474. The Kier molecular flexibility index (Phi) is 4.00. The van der Waals surface area contributed by atoms with Gasteiger partial charge in [-0.1, -0.05) is 0 Å². The van der Waals surface area contributed by atoms with Crippen molar-refractivity contribution in [3.05, 3.63) is 11.6 Å². The Morgan fingerprint density at radius 3 is 2.91 bits per heavy atom. The molecule has 22 heavy (non-hydrogen) atoms. The van der Waals surface area contributed by atoms with E-state index >= 15 is 0 Å². The van der Waals surface area contributed by atoms with Crippen molar-refractivity contribution in [3.8, 4) is 0 Å². The van der Waals surface area contributed by atoms with Crippen molar-refractivity contribution in [2.24, 2.45) is 11.7 Å². The van der Waals surface area contributed by atoms with Crippen LogP contribution in [0.25, 0.3) is 0 Å². The van der Waals surface area contributed by atoms with Crippen LogP contribution < -0.4 is 11.1 Å². The fraction of sp³-hybridized carbons (Fsp3) is 0.714. The summed E-state index contributed by atoms with van der Waals surface area (Å²) in [5.74, 6) is 1.55. The molecule has 0 bridgehead atoms. The topological polar surface area (TPSA) is 106 Å². The van der Waals surface area contributed by atoms with Gasteiger partial charge in [0.15, 0.2) is 5.82 Å². The van der Waals surface area contributed by atoms with Crippen LogP contribution in [0.2, 0.25) is 0 Å². The average molecular weight is 306 g/mol. The number of aromatic nitrogens is 3. The number of piperidine rings is 1. The number of amides is 3. The van der Waals surface area contributed by atoms with Crippen LogP contribution in [-0.2, 0) is 17.8 Å². The molecule has 0 saturated carbocycles. The summed E-state index contributed by atoms with van der Waals surface area (Å²) >= 11 is 0. The van der Waals surface area contributed by atoms with Gasteiger partial charge >= 0.3 is 6.03 Å². The molecule has 0 radical (unpaired) electrons. The maximum Gasteiger partial charge on any atom is 0.314 e. The maximum absolute atomic E-state index is 12.4. The lowest BCUT2D eigenvalue weighted by Crippen LogP contribution is -2.47. The Bertz CT molecular complexity index is 584. The lowest BCUT2D eigenvalue weighted by Gasteiger charge is -2.31. The van der Waals surface area contributed by atoms with Crippen LogP contribution in [0.15, 0.2) is 0 Å². The summed E-state index contributed by atoms with van der Waals surface area (Å²) in [7, 11) is 0. The van der Waals surface area contributed by atoms with Gasteiger partial charge in [-0.25, -0.2) is 4.79 Å². The third-order valence-corrected chi connectivity index (χ3v) is 4.49. The number of fused-ring (bicyclic) bond motifs is 1. The number of carbonyl (C=O) groups excluding carboxylic acids is 2. The minimum Gasteiger partial charge on any atom is -0.351 e. The van der Waals surface area contributed by atoms with Gasteiger partial charge in [0.1, 0.15) is 5.82 Å². The molecule has 0 spiro atoms. The van der Waals surface area contributed by atoms with Crippen LogP contribution in [0.3, 0.4) is 0 Å². The van der Waals surface area contributed by atoms with Gasteiger partial charge in [-0.15, -0.1) is 10.2 Å². The molecule has 1 aromatic heterocycles. The summed E-state index contributed by atoms with van der Waals surface area (Å²) in [6, 6.07) is -0.642. The summed E-state index contributed by atoms with van der Waals surface area (Å²) in [5, 5.41) is 11.4. The Morgan fingerprint density at radius 1 is 1.32 bits per heavy atom. The first-order valence-electron chi connectivity index (χ1n) is 7.83. The van der Waals surface area contributed by atoms with Gasteiger partial charge in [0, 0.05) is 26.1 Å².